The van der Waals surface area contributed by atoms with Gasteiger partial charge in [0.05, 0.1) is 5.92 Å². The van der Waals surface area contributed by atoms with Gasteiger partial charge in [0.25, 0.3) is 0 Å². The van der Waals surface area contributed by atoms with Crippen molar-refractivity contribution in [3.63, 3.8) is 0 Å². The van der Waals surface area contributed by atoms with Gasteiger partial charge in [-0.3, -0.25) is 9.69 Å². The number of nitrogens with zero attached hydrogens (tertiary/aromatic N) is 2. The van der Waals surface area contributed by atoms with E-state index in [0.29, 0.717) is 10.0 Å². The van der Waals surface area contributed by atoms with Crippen molar-refractivity contribution in [2.75, 3.05) is 27.2 Å². The quantitative estimate of drug-likeness (QED) is 0.854. The molecule has 5 heteroatoms. The highest BCUT2D eigenvalue weighted by Gasteiger charge is 2.27. The maximum absolute atomic E-state index is 12.1. The lowest BCUT2D eigenvalue weighted by atomic mass is 9.96. The molecule has 20 heavy (non-hydrogen) atoms. The van der Waals surface area contributed by atoms with Gasteiger partial charge in [-0.15, -0.1) is 0 Å². The Morgan fingerprint density at radius 3 is 2.80 bits per heavy atom. The van der Waals surface area contributed by atoms with E-state index in [1.54, 1.807) is 11.0 Å². The van der Waals surface area contributed by atoms with E-state index in [1.165, 1.54) is 0 Å². The van der Waals surface area contributed by atoms with Crippen LogP contribution in [0.25, 0.3) is 0 Å². The number of piperidine rings is 1. The minimum atomic E-state index is 0.102. The van der Waals surface area contributed by atoms with Crippen LogP contribution in [0.1, 0.15) is 18.4 Å². The van der Waals surface area contributed by atoms with Gasteiger partial charge in [0.1, 0.15) is 0 Å². The Bertz CT molecular complexity index is 491. The predicted molar refractivity (Wildman–Crippen MR) is 83.2 cm³/mol. The molecule has 0 spiro atoms. The zero-order valence-corrected chi connectivity index (χ0v) is 13.4. The highest BCUT2D eigenvalue weighted by Crippen LogP contribution is 2.25. The van der Waals surface area contributed by atoms with Crippen LogP contribution < -0.4 is 0 Å². The van der Waals surface area contributed by atoms with Crippen LogP contribution in [-0.4, -0.2) is 42.9 Å². The number of hydrogen-bond acceptors (Lipinski definition) is 2. The summed E-state index contributed by atoms with van der Waals surface area (Å²) in [6.45, 7) is 2.58. The molecule has 110 valence electrons. The minimum absolute atomic E-state index is 0.102. The third-order valence-corrected chi connectivity index (χ3v) is 4.29. The smallest absolute Gasteiger partial charge is 0.226 e. The molecule has 0 aliphatic carbocycles. The van der Waals surface area contributed by atoms with Gasteiger partial charge in [-0.1, -0.05) is 29.3 Å². The molecule has 1 aromatic rings. The normalized spacial score (nSPS) is 19.9. The topological polar surface area (TPSA) is 23.6 Å². The van der Waals surface area contributed by atoms with Gasteiger partial charge in [0, 0.05) is 37.2 Å². The summed E-state index contributed by atoms with van der Waals surface area (Å²) in [4.78, 5) is 16.0. The second-order valence-electron chi connectivity index (χ2n) is 5.54. The molecule has 1 saturated heterocycles. The standard InChI is InChI=1S/C15H20Cl2N2O/c1-18(2)15(20)12-4-3-7-19(10-12)9-11-5-6-13(16)8-14(11)17/h5-6,8,12H,3-4,7,9-10H2,1-2H3. The zero-order chi connectivity index (χ0) is 14.7. The van der Waals surface area contributed by atoms with Crippen molar-refractivity contribution in [2.45, 2.75) is 19.4 Å². The van der Waals surface area contributed by atoms with E-state index in [4.69, 9.17) is 23.2 Å². The second kappa shape index (κ2) is 6.79. The van der Waals surface area contributed by atoms with E-state index < -0.39 is 0 Å². The van der Waals surface area contributed by atoms with E-state index in [1.807, 2.05) is 26.2 Å². The minimum Gasteiger partial charge on any atom is -0.349 e. The molecule has 1 aliphatic rings. The van der Waals surface area contributed by atoms with Gasteiger partial charge >= 0.3 is 0 Å². The fraction of sp³-hybridized carbons (Fsp3) is 0.533. The van der Waals surface area contributed by atoms with Gasteiger partial charge in [0.2, 0.25) is 5.91 Å². The molecular formula is C15H20Cl2N2O. The molecule has 0 saturated carbocycles. The number of likely N-dealkylation sites (tertiary alicyclic amines) is 1. The maximum Gasteiger partial charge on any atom is 0.226 e. The van der Waals surface area contributed by atoms with Gasteiger partial charge in [0.15, 0.2) is 0 Å². The van der Waals surface area contributed by atoms with E-state index >= 15 is 0 Å². The molecule has 2 rings (SSSR count). The molecule has 1 heterocycles. The van der Waals surface area contributed by atoms with Gasteiger partial charge in [-0.2, -0.15) is 0 Å². The molecule has 1 aromatic carbocycles. The van der Waals surface area contributed by atoms with Crippen LogP contribution in [-0.2, 0) is 11.3 Å². The van der Waals surface area contributed by atoms with Crippen molar-refractivity contribution in [1.29, 1.82) is 0 Å². The van der Waals surface area contributed by atoms with Crippen molar-refractivity contribution in [1.82, 2.24) is 9.80 Å². The third kappa shape index (κ3) is 3.87. The van der Waals surface area contributed by atoms with Crippen molar-refractivity contribution in [3.8, 4) is 0 Å². The SMILES string of the molecule is CN(C)C(=O)C1CCCN(Cc2ccc(Cl)cc2Cl)C1. The number of hydrogen-bond donors (Lipinski definition) is 0. The van der Waals surface area contributed by atoms with Crippen molar-refractivity contribution < 1.29 is 4.79 Å². The summed E-state index contributed by atoms with van der Waals surface area (Å²) in [5, 5.41) is 1.34. The Kier molecular flexibility index (Phi) is 5.30. The predicted octanol–water partition coefficient (Wildman–Crippen LogP) is 3.29. The van der Waals surface area contributed by atoms with E-state index in [2.05, 4.69) is 4.90 Å². The Morgan fingerprint density at radius 1 is 1.40 bits per heavy atom. The average molecular weight is 315 g/mol. The summed E-state index contributed by atoms with van der Waals surface area (Å²) >= 11 is 12.1. The highest BCUT2D eigenvalue weighted by atomic mass is 35.5. The maximum atomic E-state index is 12.1. The van der Waals surface area contributed by atoms with Gasteiger partial charge < -0.3 is 4.90 Å². The van der Waals surface area contributed by atoms with Crippen LogP contribution in [0.4, 0.5) is 0 Å². The van der Waals surface area contributed by atoms with E-state index in [0.717, 1.165) is 38.0 Å². The first-order valence-corrected chi connectivity index (χ1v) is 7.60. The highest BCUT2D eigenvalue weighted by molar-refractivity contribution is 6.35. The van der Waals surface area contributed by atoms with Crippen LogP contribution in [0.15, 0.2) is 18.2 Å². The Labute approximate surface area is 130 Å². The Morgan fingerprint density at radius 2 is 2.15 bits per heavy atom. The van der Waals surface area contributed by atoms with Crippen molar-refractivity contribution >= 4 is 29.1 Å². The molecular weight excluding hydrogens is 295 g/mol. The fourth-order valence-corrected chi connectivity index (χ4v) is 3.12. The molecule has 0 aromatic heterocycles. The lowest BCUT2D eigenvalue weighted by molar-refractivity contribution is -0.134. The Hall–Kier alpha value is -0.770. The lowest BCUT2D eigenvalue weighted by Crippen LogP contribution is -2.42. The monoisotopic (exact) mass is 314 g/mol. The van der Waals surface area contributed by atoms with Crippen LogP contribution in [0.5, 0.6) is 0 Å². The summed E-state index contributed by atoms with van der Waals surface area (Å²) in [6, 6.07) is 5.59. The lowest BCUT2D eigenvalue weighted by Gasteiger charge is -2.33. The fourth-order valence-electron chi connectivity index (χ4n) is 2.66. The van der Waals surface area contributed by atoms with Crippen LogP contribution >= 0.6 is 23.2 Å². The number of halogens is 2. The number of carbonyl (C=O) groups excluding carboxylic acids is 1. The molecule has 1 atom stereocenters. The number of carbonyl (C=O) groups is 1. The molecule has 0 N–H and O–H groups in total. The van der Waals surface area contributed by atoms with Crippen LogP contribution in [0, 0.1) is 5.92 Å². The van der Waals surface area contributed by atoms with E-state index in [-0.39, 0.29) is 11.8 Å². The molecule has 1 unspecified atom stereocenters. The summed E-state index contributed by atoms with van der Waals surface area (Å²) in [5.41, 5.74) is 1.06. The van der Waals surface area contributed by atoms with Crippen LogP contribution in [0.3, 0.4) is 0 Å². The van der Waals surface area contributed by atoms with E-state index in [9.17, 15) is 4.79 Å². The van der Waals surface area contributed by atoms with Crippen molar-refractivity contribution in [3.05, 3.63) is 33.8 Å². The first-order valence-electron chi connectivity index (χ1n) is 6.85. The van der Waals surface area contributed by atoms with Crippen LogP contribution in [0.2, 0.25) is 10.0 Å². The molecule has 1 aliphatic heterocycles. The summed E-state index contributed by atoms with van der Waals surface area (Å²) in [6.07, 6.45) is 2.03. The summed E-state index contributed by atoms with van der Waals surface area (Å²) in [5.74, 6) is 0.321. The summed E-state index contributed by atoms with van der Waals surface area (Å²) < 4.78 is 0. The molecule has 0 bridgehead atoms. The molecule has 3 nitrogen and oxygen atoms in total. The zero-order valence-electron chi connectivity index (χ0n) is 11.9. The first-order chi connectivity index (χ1) is 9.47. The third-order valence-electron chi connectivity index (χ3n) is 3.70. The first kappa shape index (κ1) is 15.6. The average Bonchev–Trinajstić information content (AvgIpc) is 2.41. The Balaban J connectivity index is 2.01. The molecule has 1 amide bonds. The summed E-state index contributed by atoms with van der Waals surface area (Å²) in [7, 11) is 3.63. The molecule has 0 radical (unpaired) electrons. The van der Waals surface area contributed by atoms with Crippen molar-refractivity contribution in [2.24, 2.45) is 5.92 Å². The number of benzene rings is 1. The number of rotatable bonds is 3. The molecule has 1 fully saturated rings. The van der Waals surface area contributed by atoms with Gasteiger partial charge in [-0.05, 0) is 37.1 Å². The second-order valence-corrected chi connectivity index (χ2v) is 6.39. The largest absolute Gasteiger partial charge is 0.349 e. The number of amides is 1. The van der Waals surface area contributed by atoms with Gasteiger partial charge in [-0.25, -0.2) is 0 Å².